The molecule has 0 aliphatic carbocycles. The van der Waals surface area contributed by atoms with E-state index in [4.69, 9.17) is 13.9 Å². The monoisotopic (exact) mass is 406 g/mol. The third-order valence-corrected chi connectivity index (χ3v) is 4.86. The zero-order chi connectivity index (χ0) is 20.1. The predicted octanol–water partition coefficient (Wildman–Crippen LogP) is 5.36. The molecular weight excluding hydrogens is 388 g/mol. The van der Waals surface area contributed by atoms with Crippen LogP contribution in [-0.2, 0) is 4.79 Å². The lowest BCUT2D eigenvalue weighted by Crippen LogP contribution is -2.13. The Hall–Kier alpha value is -3.45. The minimum absolute atomic E-state index is 0.143. The Kier molecular flexibility index (Phi) is 5.67. The van der Waals surface area contributed by atoms with Crippen molar-refractivity contribution >= 4 is 34.5 Å². The van der Waals surface area contributed by atoms with E-state index in [1.165, 1.54) is 11.8 Å². The van der Waals surface area contributed by atoms with Crippen LogP contribution in [0, 0.1) is 0 Å². The molecule has 146 valence electrons. The van der Waals surface area contributed by atoms with Crippen LogP contribution in [0.25, 0.3) is 11.1 Å². The van der Waals surface area contributed by atoms with E-state index in [9.17, 15) is 4.79 Å². The molecule has 1 N–H and O–H groups in total. The van der Waals surface area contributed by atoms with Gasteiger partial charge in [0.2, 0.25) is 5.91 Å². The van der Waals surface area contributed by atoms with E-state index in [0.717, 1.165) is 5.52 Å². The molecule has 1 aromatic heterocycles. The highest BCUT2D eigenvalue weighted by atomic mass is 32.2. The van der Waals surface area contributed by atoms with Gasteiger partial charge in [-0.05, 0) is 48.5 Å². The fraction of sp³-hybridized carbons (Fsp3) is 0.0909. The largest absolute Gasteiger partial charge is 0.493 e. The molecule has 0 unspecified atom stereocenters. The number of anilines is 1. The van der Waals surface area contributed by atoms with Gasteiger partial charge in [0.15, 0.2) is 17.1 Å². The average Bonchev–Trinajstić information content (AvgIpc) is 3.17. The van der Waals surface area contributed by atoms with E-state index in [1.807, 2.05) is 48.5 Å². The number of nitrogens with zero attached hydrogens (tertiary/aromatic N) is 1. The van der Waals surface area contributed by atoms with Gasteiger partial charge < -0.3 is 19.2 Å². The number of fused-ring (bicyclic) bond motifs is 1. The van der Waals surface area contributed by atoms with Crippen LogP contribution >= 0.6 is 11.8 Å². The summed E-state index contributed by atoms with van der Waals surface area (Å²) >= 11 is 1.25. The second-order valence-corrected chi connectivity index (χ2v) is 6.99. The lowest BCUT2D eigenvalue weighted by molar-refractivity contribution is -0.113. The Morgan fingerprint density at radius 2 is 1.72 bits per heavy atom. The number of thioether (sulfide) groups is 1. The molecule has 4 rings (SSSR count). The summed E-state index contributed by atoms with van der Waals surface area (Å²) < 4.78 is 16.7. The summed E-state index contributed by atoms with van der Waals surface area (Å²) in [7, 11) is 1.60. The zero-order valence-electron chi connectivity index (χ0n) is 15.6. The standard InChI is InChI=1S/C22H18N2O4S/c1-26-19-8-4-5-9-20(19)27-16-12-10-15(11-13-16)23-21(25)14-29-22-24-17-6-2-3-7-18(17)28-22/h2-13H,14H2,1H3,(H,23,25). The normalized spacial score (nSPS) is 10.7. The minimum Gasteiger partial charge on any atom is -0.493 e. The number of carbonyl (C=O) groups excluding carboxylic acids is 1. The molecule has 3 aromatic carbocycles. The number of hydrogen-bond donors (Lipinski definition) is 1. The van der Waals surface area contributed by atoms with Crippen molar-refractivity contribution in [3.8, 4) is 17.2 Å². The first-order valence-electron chi connectivity index (χ1n) is 8.90. The first-order valence-corrected chi connectivity index (χ1v) is 9.89. The van der Waals surface area contributed by atoms with Gasteiger partial charge in [0.05, 0.1) is 12.9 Å². The van der Waals surface area contributed by atoms with E-state index >= 15 is 0 Å². The third-order valence-electron chi connectivity index (χ3n) is 4.04. The van der Waals surface area contributed by atoms with E-state index in [1.54, 1.807) is 31.4 Å². The zero-order valence-corrected chi connectivity index (χ0v) is 16.4. The van der Waals surface area contributed by atoms with Crippen LogP contribution in [0.1, 0.15) is 0 Å². The number of benzene rings is 3. The van der Waals surface area contributed by atoms with Crippen molar-refractivity contribution < 1.29 is 18.7 Å². The third kappa shape index (κ3) is 4.70. The summed E-state index contributed by atoms with van der Waals surface area (Å²) in [4.78, 5) is 16.6. The van der Waals surface area contributed by atoms with Gasteiger partial charge in [0.25, 0.3) is 5.22 Å². The molecule has 0 fully saturated rings. The summed E-state index contributed by atoms with van der Waals surface area (Å²) in [6.07, 6.45) is 0. The van der Waals surface area contributed by atoms with Gasteiger partial charge in [-0.1, -0.05) is 36.0 Å². The lowest BCUT2D eigenvalue weighted by atomic mass is 10.3. The van der Waals surface area contributed by atoms with Gasteiger partial charge in [-0.2, -0.15) is 0 Å². The van der Waals surface area contributed by atoms with Crippen molar-refractivity contribution in [3.63, 3.8) is 0 Å². The number of hydrogen-bond acceptors (Lipinski definition) is 6. The van der Waals surface area contributed by atoms with Crippen LogP contribution in [0.15, 0.2) is 82.4 Å². The molecule has 0 radical (unpaired) electrons. The second-order valence-electron chi connectivity index (χ2n) is 6.06. The molecule has 0 saturated heterocycles. The topological polar surface area (TPSA) is 73.6 Å². The van der Waals surface area contributed by atoms with Crippen molar-refractivity contribution in [2.24, 2.45) is 0 Å². The number of methoxy groups -OCH3 is 1. The smallest absolute Gasteiger partial charge is 0.257 e. The molecule has 29 heavy (non-hydrogen) atoms. The van der Waals surface area contributed by atoms with Gasteiger partial charge in [0, 0.05) is 5.69 Å². The minimum atomic E-state index is -0.143. The summed E-state index contributed by atoms with van der Waals surface area (Å²) in [5.74, 6) is 1.98. The maximum absolute atomic E-state index is 12.2. The number of nitrogens with one attached hydrogen (secondary N) is 1. The summed E-state index contributed by atoms with van der Waals surface area (Å²) in [5.41, 5.74) is 2.17. The van der Waals surface area contributed by atoms with Crippen LogP contribution < -0.4 is 14.8 Å². The number of ether oxygens (including phenoxy) is 2. The number of para-hydroxylation sites is 4. The van der Waals surface area contributed by atoms with Crippen LogP contribution in [-0.4, -0.2) is 23.8 Å². The van der Waals surface area contributed by atoms with Crippen LogP contribution in [0.4, 0.5) is 5.69 Å². The molecule has 1 heterocycles. The van der Waals surface area contributed by atoms with E-state index in [2.05, 4.69) is 10.3 Å². The van der Waals surface area contributed by atoms with Crippen molar-refractivity contribution in [2.75, 3.05) is 18.2 Å². The van der Waals surface area contributed by atoms with Gasteiger partial charge in [-0.3, -0.25) is 4.79 Å². The highest BCUT2D eigenvalue weighted by Gasteiger charge is 2.10. The summed E-state index contributed by atoms with van der Waals surface area (Å²) in [6.45, 7) is 0. The fourth-order valence-electron chi connectivity index (χ4n) is 2.67. The van der Waals surface area contributed by atoms with Crippen LogP contribution in [0.5, 0.6) is 17.2 Å². The number of aromatic nitrogens is 1. The fourth-order valence-corrected chi connectivity index (χ4v) is 3.31. The average molecular weight is 406 g/mol. The van der Waals surface area contributed by atoms with Crippen LogP contribution in [0.2, 0.25) is 0 Å². The quantitative estimate of drug-likeness (QED) is 0.417. The maximum Gasteiger partial charge on any atom is 0.257 e. The van der Waals surface area contributed by atoms with E-state index < -0.39 is 0 Å². The van der Waals surface area contributed by atoms with Crippen molar-refractivity contribution in [3.05, 3.63) is 72.8 Å². The number of carbonyl (C=O) groups is 1. The Bertz CT molecular complexity index is 1090. The van der Waals surface area contributed by atoms with Gasteiger partial charge in [-0.25, -0.2) is 4.98 Å². The second kappa shape index (κ2) is 8.70. The molecular formula is C22H18N2O4S. The van der Waals surface area contributed by atoms with Crippen molar-refractivity contribution in [2.45, 2.75) is 5.22 Å². The molecule has 6 nitrogen and oxygen atoms in total. The first kappa shape index (κ1) is 18.9. The molecule has 0 saturated carbocycles. The van der Waals surface area contributed by atoms with Crippen LogP contribution in [0.3, 0.4) is 0 Å². The van der Waals surface area contributed by atoms with Crippen molar-refractivity contribution in [1.29, 1.82) is 0 Å². The Labute approximate surface area is 171 Å². The molecule has 0 spiro atoms. The highest BCUT2D eigenvalue weighted by molar-refractivity contribution is 7.99. The van der Waals surface area contributed by atoms with E-state index in [0.29, 0.717) is 33.7 Å². The maximum atomic E-state index is 12.2. The Morgan fingerprint density at radius 3 is 2.48 bits per heavy atom. The summed E-state index contributed by atoms with van der Waals surface area (Å²) in [5, 5.41) is 3.32. The summed E-state index contributed by atoms with van der Waals surface area (Å²) in [6, 6.07) is 22.1. The molecule has 0 atom stereocenters. The molecule has 7 heteroatoms. The number of oxazole rings is 1. The molecule has 0 bridgehead atoms. The molecule has 0 aliphatic heterocycles. The van der Waals surface area contributed by atoms with Gasteiger partial charge in [-0.15, -0.1) is 0 Å². The number of amides is 1. The number of rotatable bonds is 7. The predicted molar refractivity (Wildman–Crippen MR) is 113 cm³/mol. The Morgan fingerprint density at radius 1 is 1.00 bits per heavy atom. The van der Waals surface area contributed by atoms with Crippen molar-refractivity contribution in [1.82, 2.24) is 4.98 Å². The first-order chi connectivity index (χ1) is 14.2. The molecule has 0 aliphatic rings. The lowest BCUT2D eigenvalue weighted by Gasteiger charge is -2.10. The van der Waals surface area contributed by atoms with Gasteiger partial charge in [0.1, 0.15) is 11.3 Å². The SMILES string of the molecule is COc1ccccc1Oc1ccc(NC(=O)CSc2nc3ccccc3o2)cc1. The van der Waals surface area contributed by atoms with Gasteiger partial charge >= 0.3 is 0 Å². The molecule has 4 aromatic rings. The van der Waals surface area contributed by atoms with E-state index in [-0.39, 0.29) is 11.7 Å². The molecule has 1 amide bonds. The highest BCUT2D eigenvalue weighted by Crippen LogP contribution is 2.31. The Balaban J connectivity index is 1.32.